The Morgan fingerprint density at radius 1 is 1.32 bits per heavy atom. The Hall–Kier alpha value is -2.50. The number of thioether (sulfide) groups is 1. The van der Waals surface area contributed by atoms with Crippen LogP contribution in [0.15, 0.2) is 28.2 Å². The quantitative estimate of drug-likeness (QED) is 0.438. The van der Waals surface area contributed by atoms with Crippen LogP contribution >= 0.6 is 11.8 Å². The van der Waals surface area contributed by atoms with Crippen molar-refractivity contribution in [3.05, 3.63) is 34.1 Å². The number of rotatable bonds is 8. The minimum atomic E-state index is -0.466. The Morgan fingerprint density at radius 3 is 2.76 bits per heavy atom. The standard InChI is InChI=1S/C17H19N3O4S/c1-4-23-7-8-24-14-9-11(5-6-13(14)22-2)15-12(10-18)16(21)20-17(19-15)25-3/h5-6,9H,4,7-8H2,1-3H3,(H,19,20,21). The summed E-state index contributed by atoms with van der Waals surface area (Å²) < 4.78 is 16.3. The normalized spacial score (nSPS) is 10.3. The zero-order valence-electron chi connectivity index (χ0n) is 14.3. The van der Waals surface area contributed by atoms with E-state index in [4.69, 9.17) is 14.2 Å². The molecule has 1 N–H and O–H groups in total. The minimum absolute atomic E-state index is 0.0387. The first-order chi connectivity index (χ1) is 12.1. The van der Waals surface area contributed by atoms with Crippen LogP contribution in [0.1, 0.15) is 12.5 Å². The van der Waals surface area contributed by atoms with Crippen molar-refractivity contribution in [3.8, 4) is 28.8 Å². The van der Waals surface area contributed by atoms with E-state index in [1.54, 1.807) is 31.6 Å². The van der Waals surface area contributed by atoms with Crippen molar-refractivity contribution < 1.29 is 14.2 Å². The molecule has 7 nitrogen and oxygen atoms in total. The fraction of sp³-hybridized carbons (Fsp3) is 0.353. The van der Waals surface area contributed by atoms with E-state index in [0.717, 1.165) is 0 Å². The highest BCUT2D eigenvalue weighted by atomic mass is 32.2. The van der Waals surface area contributed by atoms with Crippen molar-refractivity contribution in [2.45, 2.75) is 12.1 Å². The van der Waals surface area contributed by atoms with Gasteiger partial charge in [0.15, 0.2) is 16.7 Å². The molecule has 0 bridgehead atoms. The third kappa shape index (κ3) is 4.53. The summed E-state index contributed by atoms with van der Waals surface area (Å²) in [6.07, 6.45) is 1.80. The van der Waals surface area contributed by atoms with E-state index in [-0.39, 0.29) is 5.56 Å². The van der Waals surface area contributed by atoms with Crippen LogP contribution in [-0.4, -0.2) is 43.2 Å². The topological polar surface area (TPSA) is 97.2 Å². The number of nitrogens with one attached hydrogen (secondary N) is 1. The Bertz CT molecular complexity index is 830. The number of hydrogen-bond acceptors (Lipinski definition) is 7. The number of hydrogen-bond donors (Lipinski definition) is 1. The van der Waals surface area contributed by atoms with Crippen LogP contribution in [0.5, 0.6) is 11.5 Å². The summed E-state index contributed by atoms with van der Waals surface area (Å²) in [6, 6.07) is 7.07. The van der Waals surface area contributed by atoms with E-state index in [9.17, 15) is 10.1 Å². The average Bonchev–Trinajstić information content (AvgIpc) is 2.64. The number of aromatic amines is 1. The third-order valence-corrected chi connectivity index (χ3v) is 3.91. The lowest BCUT2D eigenvalue weighted by Crippen LogP contribution is -2.14. The molecule has 0 spiro atoms. The Morgan fingerprint density at radius 2 is 2.12 bits per heavy atom. The number of H-pyrrole nitrogens is 1. The summed E-state index contributed by atoms with van der Waals surface area (Å²) in [5.41, 5.74) is 0.410. The van der Waals surface area contributed by atoms with Crippen LogP contribution in [-0.2, 0) is 4.74 Å². The van der Waals surface area contributed by atoms with E-state index in [1.165, 1.54) is 11.8 Å². The minimum Gasteiger partial charge on any atom is -0.493 e. The molecule has 0 unspecified atom stereocenters. The van der Waals surface area contributed by atoms with Gasteiger partial charge < -0.3 is 19.2 Å². The van der Waals surface area contributed by atoms with Gasteiger partial charge in [0.2, 0.25) is 0 Å². The average molecular weight is 361 g/mol. The molecule has 0 aliphatic heterocycles. The van der Waals surface area contributed by atoms with Crippen LogP contribution in [0.2, 0.25) is 0 Å². The van der Waals surface area contributed by atoms with Gasteiger partial charge in [-0.15, -0.1) is 0 Å². The maximum absolute atomic E-state index is 12.1. The highest BCUT2D eigenvalue weighted by molar-refractivity contribution is 7.98. The number of ether oxygens (including phenoxy) is 3. The summed E-state index contributed by atoms with van der Waals surface area (Å²) in [5.74, 6) is 1.05. The molecule has 0 atom stereocenters. The Labute approximate surface area is 150 Å². The molecule has 0 saturated carbocycles. The predicted molar refractivity (Wildman–Crippen MR) is 95.3 cm³/mol. The van der Waals surface area contributed by atoms with Gasteiger partial charge in [-0.25, -0.2) is 4.98 Å². The number of methoxy groups -OCH3 is 1. The van der Waals surface area contributed by atoms with E-state index in [1.807, 2.05) is 13.0 Å². The first-order valence-electron chi connectivity index (χ1n) is 7.61. The van der Waals surface area contributed by atoms with Crippen molar-refractivity contribution in [2.75, 3.05) is 33.2 Å². The summed E-state index contributed by atoms with van der Waals surface area (Å²) in [6.45, 7) is 3.33. The second-order valence-electron chi connectivity index (χ2n) is 4.82. The smallest absolute Gasteiger partial charge is 0.270 e. The molecule has 1 aromatic carbocycles. The molecule has 1 aromatic heterocycles. The van der Waals surface area contributed by atoms with Gasteiger partial charge in [0.25, 0.3) is 5.56 Å². The number of benzene rings is 1. The molecule has 0 aliphatic rings. The van der Waals surface area contributed by atoms with Crippen molar-refractivity contribution in [2.24, 2.45) is 0 Å². The number of aromatic nitrogens is 2. The molecule has 2 rings (SSSR count). The lowest BCUT2D eigenvalue weighted by atomic mass is 10.1. The molecule has 0 fully saturated rings. The molecule has 0 saturated heterocycles. The predicted octanol–water partition coefficient (Wildman–Crippen LogP) is 2.45. The van der Waals surface area contributed by atoms with Crippen LogP contribution in [0, 0.1) is 11.3 Å². The van der Waals surface area contributed by atoms with Gasteiger partial charge in [0.05, 0.1) is 19.4 Å². The summed E-state index contributed by atoms with van der Waals surface area (Å²) >= 11 is 1.29. The molecule has 25 heavy (non-hydrogen) atoms. The molecule has 1 heterocycles. The molecule has 0 amide bonds. The molecule has 0 radical (unpaired) electrons. The van der Waals surface area contributed by atoms with Gasteiger partial charge in [-0.1, -0.05) is 11.8 Å². The lowest BCUT2D eigenvalue weighted by Gasteiger charge is -2.13. The van der Waals surface area contributed by atoms with Crippen LogP contribution in [0.3, 0.4) is 0 Å². The Kier molecular flexibility index (Phi) is 6.86. The Balaban J connectivity index is 2.44. The molecule has 0 aliphatic carbocycles. The van der Waals surface area contributed by atoms with E-state index >= 15 is 0 Å². The monoisotopic (exact) mass is 361 g/mol. The van der Waals surface area contributed by atoms with Crippen molar-refractivity contribution in [1.29, 1.82) is 5.26 Å². The molecular weight excluding hydrogens is 342 g/mol. The van der Waals surface area contributed by atoms with Gasteiger partial charge >= 0.3 is 0 Å². The molecule has 132 valence electrons. The van der Waals surface area contributed by atoms with Crippen molar-refractivity contribution in [1.82, 2.24) is 9.97 Å². The van der Waals surface area contributed by atoms with Crippen LogP contribution in [0.4, 0.5) is 0 Å². The first-order valence-corrected chi connectivity index (χ1v) is 8.84. The van der Waals surface area contributed by atoms with E-state index in [0.29, 0.717) is 47.7 Å². The highest BCUT2D eigenvalue weighted by Crippen LogP contribution is 2.32. The van der Waals surface area contributed by atoms with E-state index in [2.05, 4.69) is 9.97 Å². The first kappa shape index (κ1) is 18.8. The largest absolute Gasteiger partial charge is 0.493 e. The lowest BCUT2D eigenvalue weighted by molar-refractivity contribution is 0.109. The van der Waals surface area contributed by atoms with Gasteiger partial charge in [-0.3, -0.25) is 4.79 Å². The number of nitriles is 1. The second-order valence-corrected chi connectivity index (χ2v) is 5.62. The van der Waals surface area contributed by atoms with E-state index < -0.39 is 5.56 Å². The fourth-order valence-corrected chi connectivity index (χ4v) is 2.53. The maximum Gasteiger partial charge on any atom is 0.270 e. The highest BCUT2D eigenvalue weighted by Gasteiger charge is 2.15. The molecule has 8 heteroatoms. The SMILES string of the molecule is CCOCCOc1cc(-c2nc(SC)[nH]c(=O)c2C#N)ccc1OC. The second kappa shape index (κ2) is 9.11. The van der Waals surface area contributed by atoms with Gasteiger partial charge in [-0.2, -0.15) is 5.26 Å². The molecule has 2 aromatic rings. The number of nitrogens with zero attached hydrogens (tertiary/aromatic N) is 2. The van der Waals surface area contributed by atoms with Gasteiger partial charge in [-0.05, 0) is 31.4 Å². The zero-order chi connectivity index (χ0) is 18.2. The summed E-state index contributed by atoms with van der Waals surface area (Å²) in [7, 11) is 1.54. The van der Waals surface area contributed by atoms with Gasteiger partial charge in [0.1, 0.15) is 18.2 Å². The van der Waals surface area contributed by atoms with Crippen LogP contribution in [0.25, 0.3) is 11.3 Å². The third-order valence-electron chi connectivity index (χ3n) is 3.33. The summed E-state index contributed by atoms with van der Waals surface area (Å²) in [4.78, 5) is 19.0. The van der Waals surface area contributed by atoms with Gasteiger partial charge in [0, 0.05) is 12.2 Å². The van der Waals surface area contributed by atoms with Crippen molar-refractivity contribution in [3.63, 3.8) is 0 Å². The summed E-state index contributed by atoms with van der Waals surface area (Å²) in [5, 5.41) is 9.74. The molecular formula is C17H19N3O4S. The fourth-order valence-electron chi connectivity index (χ4n) is 2.15. The van der Waals surface area contributed by atoms with Crippen molar-refractivity contribution >= 4 is 11.8 Å². The zero-order valence-corrected chi connectivity index (χ0v) is 15.1. The van der Waals surface area contributed by atoms with Crippen LogP contribution < -0.4 is 15.0 Å². The maximum atomic E-state index is 12.1.